The van der Waals surface area contributed by atoms with Crippen molar-refractivity contribution in [2.45, 2.75) is 6.10 Å². The molecule has 0 aromatic heterocycles. The highest BCUT2D eigenvalue weighted by atomic mass is 16.6. The second-order valence-corrected chi connectivity index (χ2v) is 5.22. The maximum Gasteiger partial charge on any atom is 0.414 e. The molecule has 10 nitrogen and oxygen atoms in total. The van der Waals surface area contributed by atoms with E-state index in [1.165, 1.54) is 12.0 Å². The first-order chi connectivity index (χ1) is 11.6. The van der Waals surface area contributed by atoms with Crippen LogP contribution in [0.15, 0.2) is 28.5 Å². The molecule has 1 fully saturated rings. The lowest BCUT2D eigenvalue weighted by molar-refractivity contribution is 0.145. The minimum Gasteiger partial charge on any atom is -0.483 e. The zero-order chi connectivity index (χ0) is 17.1. The van der Waals surface area contributed by atoms with Crippen LogP contribution in [-0.4, -0.2) is 51.9 Å². The van der Waals surface area contributed by atoms with Gasteiger partial charge in [-0.1, -0.05) is 10.3 Å². The standard InChI is InChI=1S/C14H16N6O4/c1-19-11-4-3-9(5-12(11)23-8-13(19)17-22-2)20-7-10(6-16-18-15)24-14(20)21/h3-5,10H,6-8H2,1-2H3/t10-/m0/s1. The van der Waals surface area contributed by atoms with Gasteiger partial charge >= 0.3 is 6.09 Å². The number of cyclic esters (lactones) is 1. The molecule has 0 spiro atoms. The Bertz CT molecular complexity index is 730. The number of amidine groups is 1. The van der Waals surface area contributed by atoms with Gasteiger partial charge in [-0.3, -0.25) is 4.90 Å². The Kier molecular flexibility index (Phi) is 4.30. The number of amides is 1. The fourth-order valence-electron chi connectivity index (χ4n) is 2.59. The van der Waals surface area contributed by atoms with Crippen molar-refractivity contribution in [1.29, 1.82) is 0 Å². The van der Waals surface area contributed by atoms with Crippen LogP contribution in [0, 0.1) is 0 Å². The van der Waals surface area contributed by atoms with E-state index < -0.39 is 12.2 Å². The number of fused-ring (bicyclic) bond motifs is 1. The van der Waals surface area contributed by atoms with Gasteiger partial charge in [-0.25, -0.2) is 4.79 Å². The lowest BCUT2D eigenvalue weighted by Gasteiger charge is -2.29. The molecule has 1 aromatic rings. The van der Waals surface area contributed by atoms with Crippen LogP contribution in [0.5, 0.6) is 5.75 Å². The molecule has 0 bridgehead atoms. The average Bonchev–Trinajstić information content (AvgIpc) is 2.96. The topological polar surface area (TPSA) is 112 Å². The number of anilines is 2. The van der Waals surface area contributed by atoms with Crippen LogP contribution in [0.3, 0.4) is 0 Å². The zero-order valence-corrected chi connectivity index (χ0v) is 13.2. The maximum absolute atomic E-state index is 12.0. The van der Waals surface area contributed by atoms with Crippen LogP contribution in [0.25, 0.3) is 10.4 Å². The average molecular weight is 332 g/mol. The molecule has 1 aromatic carbocycles. The number of hydrogen-bond donors (Lipinski definition) is 0. The summed E-state index contributed by atoms with van der Waals surface area (Å²) in [7, 11) is 3.34. The smallest absolute Gasteiger partial charge is 0.414 e. The van der Waals surface area contributed by atoms with Gasteiger partial charge in [-0.2, -0.15) is 0 Å². The van der Waals surface area contributed by atoms with Crippen molar-refractivity contribution in [1.82, 2.24) is 0 Å². The molecule has 0 radical (unpaired) electrons. The minimum absolute atomic E-state index is 0.111. The quantitative estimate of drug-likeness (QED) is 0.363. The van der Waals surface area contributed by atoms with Crippen LogP contribution in [0.1, 0.15) is 0 Å². The van der Waals surface area contributed by atoms with Gasteiger partial charge in [0.25, 0.3) is 0 Å². The van der Waals surface area contributed by atoms with Crippen molar-refractivity contribution in [3.8, 4) is 5.75 Å². The molecule has 2 heterocycles. The molecule has 1 atom stereocenters. The molecule has 0 aliphatic carbocycles. The molecular formula is C14H16N6O4. The Morgan fingerprint density at radius 2 is 2.33 bits per heavy atom. The van der Waals surface area contributed by atoms with E-state index in [-0.39, 0.29) is 13.2 Å². The van der Waals surface area contributed by atoms with E-state index in [2.05, 4.69) is 15.2 Å². The summed E-state index contributed by atoms with van der Waals surface area (Å²) in [6.07, 6.45) is -0.924. The van der Waals surface area contributed by atoms with E-state index in [1.54, 1.807) is 12.1 Å². The molecular weight excluding hydrogens is 316 g/mol. The molecule has 2 aliphatic rings. The highest BCUT2D eigenvalue weighted by Gasteiger charge is 2.33. The summed E-state index contributed by atoms with van der Waals surface area (Å²) in [6.45, 7) is 0.702. The third-order valence-corrected chi connectivity index (χ3v) is 3.78. The molecule has 126 valence electrons. The second-order valence-electron chi connectivity index (χ2n) is 5.22. The number of azide groups is 1. The first kappa shape index (κ1) is 15.8. The summed E-state index contributed by atoms with van der Waals surface area (Å²) in [5, 5.41) is 7.35. The van der Waals surface area contributed by atoms with Gasteiger partial charge in [0.2, 0.25) is 0 Å². The third kappa shape index (κ3) is 2.86. The van der Waals surface area contributed by atoms with Crippen molar-refractivity contribution in [3.05, 3.63) is 28.6 Å². The fourth-order valence-corrected chi connectivity index (χ4v) is 2.59. The second kappa shape index (κ2) is 6.55. The van der Waals surface area contributed by atoms with Gasteiger partial charge in [0, 0.05) is 18.0 Å². The van der Waals surface area contributed by atoms with Gasteiger partial charge in [0.1, 0.15) is 25.6 Å². The van der Waals surface area contributed by atoms with Gasteiger partial charge < -0.3 is 19.2 Å². The summed E-state index contributed by atoms with van der Waals surface area (Å²) in [5.41, 5.74) is 9.83. The number of oxime groups is 1. The Morgan fingerprint density at radius 3 is 3.08 bits per heavy atom. The molecule has 0 unspecified atom stereocenters. The van der Waals surface area contributed by atoms with E-state index in [9.17, 15) is 4.79 Å². The minimum atomic E-state index is -0.473. The largest absolute Gasteiger partial charge is 0.483 e. The van der Waals surface area contributed by atoms with Gasteiger partial charge in [-0.15, -0.1) is 0 Å². The number of nitrogens with zero attached hydrogens (tertiary/aromatic N) is 6. The predicted octanol–water partition coefficient (Wildman–Crippen LogP) is 2.11. The number of carbonyl (C=O) groups is 1. The van der Waals surface area contributed by atoms with E-state index in [4.69, 9.17) is 19.8 Å². The van der Waals surface area contributed by atoms with Crippen molar-refractivity contribution < 1.29 is 19.1 Å². The lowest BCUT2D eigenvalue weighted by Crippen LogP contribution is -2.36. The monoisotopic (exact) mass is 332 g/mol. The maximum atomic E-state index is 12.0. The first-order valence-electron chi connectivity index (χ1n) is 7.23. The van der Waals surface area contributed by atoms with Crippen molar-refractivity contribution in [3.63, 3.8) is 0 Å². The Hall–Kier alpha value is -3.13. The van der Waals surface area contributed by atoms with Gasteiger partial charge in [-0.05, 0) is 17.7 Å². The molecule has 1 saturated heterocycles. The van der Waals surface area contributed by atoms with Crippen LogP contribution in [0.4, 0.5) is 16.2 Å². The molecule has 24 heavy (non-hydrogen) atoms. The molecule has 0 saturated carbocycles. The molecule has 0 N–H and O–H groups in total. The molecule has 2 aliphatic heterocycles. The van der Waals surface area contributed by atoms with Crippen LogP contribution in [-0.2, 0) is 9.57 Å². The summed E-state index contributed by atoms with van der Waals surface area (Å²) >= 11 is 0. The van der Waals surface area contributed by atoms with E-state index >= 15 is 0 Å². The van der Waals surface area contributed by atoms with E-state index in [0.717, 1.165) is 5.69 Å². The number of hydrogen-bond acceptors (Lipinski definition) is 6. The third-order valence-electron chi connectivity index (χ3n) is 3.78. The van der Waals surface area contributed by atoms with E-state index in [0.29, 0.717) is 23.8 Å². The number of benzene rings is 1. The molecule has 1 amide bonds. The summed E-state index contributed by atoms with van der Waals surface area (Å²) in [4.78, 5) is 22.8. The Morgan fingerprint density at radius 1 is 1.50 bits per heavy atom. The van der Waals surface area contributed by atoms with E-state index in [1.807, 2.05) is 18.0 Å². The van der Waals surface area contributed by atoms with Crippen molar-refractivity contribution >= 4 is 23.3 Å². The summed E-state index contributed by atoms with van der Waals surface area (Å²) in [5.74, 6) is 1.28. The Labute approximate surface area is 137 Å². The lowest BCUT2D eigenvalue weighted by atomic mass is 10.2. The van der Waals surface area contributed by atoms with Crippen LogP contribution >= 0.6 is 0 Å². The predicted molar refractivity (Wildman–Crippen MR) is 86.4 cm³/mol. The number of ether oxygens (including phenoxy) is 2. The van der Waals surface area contributed by atoms with Gasteiger partial charge in [0.15, 0.2) is 5.84 Å². The highest BCUT2D eigenvalue weighted by molar-refractivity contribution is 6.01. The SMILES string of the molecule is CON=C1COc2cc(N3C[C@H](CN=[N+]=[N-])OC3=O)ccc2N1C. The first-order valence-corrected chi connectivity index (χ1v) is 7.23. The Balaban J connectivity index is 1.81. The van der Waals surface area contributed by atoms with Gasteiger partial charge in [0.05, 0.1) is 24.5 Å². The van der Waals surface area contributed by atoms with Crippen LogP contribution in [0.2, 0.25) is 0 Å². The van der Waals surface area contributed by atoms with Crippen molar-refractivity contribution in [2.24, 2.45) is 10.3 Å². The summed E-state index contributed by atoms with van der Waals surface area (Å²) < 4.78 is 10.9. The molecule has 3 rings (SSSR count). The molecule has 10 heteroatoms. The number of carbonyl (C=O) groups excluding carboxylic acids is 1. The highest BCUT2D eigenvalue weighted by Crippen LogP contribution is 2.36. The summed E-state index contributed by atoms with van der Waals surface area (Å²) in [6, 6.07) is 5.40. The zero-order valence-electron chi connectivity index (χ0n) is 13.2. The number of likely N-dealkylation sites (N-methyl/N-ethyl adjacent to an activating group) is 1. The van der Waals surface area contributed by atoms with Crippen LogP contribution < -0.4 is 14.5 Å². The fraction of sp³-hybridized carbons (Fsp3) is 0.429. The number of rotatable bonds is 4. The normalized spacial score (nSPS) is 21.0. The van der Waals surface area contributed by atoms with Crippen molar-refractivity contribution in [2.75, 3.05) is 43.7 Å².